The van der Waals surface area contributed by atoms with Crippen LogP contribution in [0.3, 0.4) is 0 Å². The highest BCUT2D eigenvalue weighted by Gasteiger charge is 2.08. The molecular formula is C9H15O2PS. The van der Waals surface area contributed by atoms with E-state index in [-0.39, 0.29) is 0 Å². The van der Waals surface area contributed by atoms with Crippen LogP contribution < -0.4 is 0 Å². The first-order valence-electron chi connectivity index (χ1n) is 3.86. The summed E-state index contributed by atoms with van der Waals surface area (Å²) in [7, 11) is -0.875. The van der Waals surface area contributed by atoms with E-state index >= 15 is 0 Å². The van der Waals surface area contributed by atoms with Crippen LogP contribution in [0.4, 0.5) is 0 Å². The molecule has 0 aliphatic rings. The lowest BCUT2D eigenvalue weighted by Crippen LogP contribution is -1.89. The zero-order valence-electron chi connectivity index (χ0n) is 7.65. The van der Waals surface area contributed by atoms with Crippen LogP contribution in [0.25, 0.3) is 0 Å². The van der Waals surface area contributed by atoms with Crippen molar-refractivity contribution >= 4 is 19.0 Å². The molecule has 2 nitrogen and oxygen atoms in total. The third-order valence-corrected chi connectivity index (χ3v) is 3.92. The van der Waals surface area contributed by atoms with Crippen LogP contribution in [0.1, 0.15) is 0 Å². The fourth-order valence-electron chi connectivity index (χ4n) is 0.452. The predicted octanol–water partition coefficient (Wildman–Crippen LogP) is 3.54. The first-order valence-corrected chi connectivity index (χ1v) is 6.63. The first-order chi connectivity index (χ1) is 6.35. The van der Waals surface area contributed by atoms with Crippen LogP contribution in [0.15, 0.2) is 38.0 Å². The smallest absolute Gasteiger partial charge is 0.238 e. The van der Waals surface area contributed by atoms with Crippen LogP contribution in [0.2, 0.25) is 0 Å². The van der Waals surface area contributed by atoms with Gasteiger partial charge in [-0.05, 0) is 0 Å². The molecule has 13 heavy (non-hydrogen) atoms. The highest BCUT2D eigenvalue weighted by Crippen LogP contribution is 2.51. The summed E-state index contributed by atoms with van der Waals surface area (Å²) >= 11 is 1.61. The second kappa shape index (κ2) is 10.0. The van der Waals surface area contributed by atoms with Gasteiger partial charge < -0.3 is 9.05 Å². The molecule has 0 aromatic carbocycles. The molecule has 0 radical (unpaired) electrons. The molecule has 0 spiro atoms. The standard InChI is InChI=1S/C9H15O2PS/c1-4-7-10-12(11-8-5-2)13-9-6-3/h4-6H,1-3,7-9H2. The van der Waals surface area contributed by atoms with Crippen molar-refractivity contribution in [2.24, 2.45) is 0 Å². The van der Waals surface area contributed by atoms with Crippen LogP contribution in [0.5, 0.6) is 0 Å². The highest BCUT2D eigenvalue weighted by atomic mass is 32.7. The molecule has 0 N–H and O–H groups in total. The zero-order valence-corrected chi connectivity index (χ0v) is 9.36. The Bertz CT molecular complexity index is 133. The number of hydrogen-bond acceptors (Lipinski definition) is 3. The molecular weight excluding hydrogens is 203 g/mol. The Kier molecular flexibility index (Phi) is 9.94. The SMILES string of the molecule is C=CCOP(OCC=C)SCC=C. The summed E-state index contributed by atoms with van der Waals surface area (Å²) in [6, 6.07) is 0. The Morgan fingerprint density at radius 2 is 1.54 bits per heavy atom. The summed E-state index contributed by atoms with van der Waals surface area (Å²) in [6.07, 6.45) is 5.25. The van der Waals surface area contributed by atoms with Gasteiger partial charge in [0, 0.05) is 5.75 Å². The summed E-state index contributed by atoms with van der Waals surface area (Å²) in [6.45, 7) is 11.8. The number of hydrogen-bond donors (Lipinski definition) is 0. The maximum atomic E-state index is 5.39. The lowest BCUT2D eigenvalue weighted by atomic mass is 10.7. The minimum atomic E-state index is -0.875. The van der Waals surface area contributed by atoms with Gasteiger partial charge in [-0.2, -0.15) is 0 Å². The molecule has 0 unspecified atom stereocenters. The average Bonchev–Trinajstić information content (AvgIpc) is 2.17. The molecule has 0 bridgehead atoms. The summed E-state index contributed by atoms with van der Waals surface area (Å²) in [4.78, 5) is 0. The van der Waals surface area contributed by atoms with Gasteiger partial charge in [0.15, 0.2) is 0 Å². The highest BCUT2D eigenvalue weighted by molar-refractivity contribution is 8.52. The van der Waals surface area contributed by atoms with Gasteiger partial charge in [0.2, 0.25) is 7.58 Å². The topological polar surface area (TPSA) is 18.5 Å². The zero-order chi connectivity index (χ0) is 9.94. The van der Waals surface area contributed by atoms with Crippen molar-refractivity contribution in [2.45, 2.75) is 0 Å². The molecule has 0 rings (SSSR count). The van der Waals surface area contributed by atoms with Gasteiger partial charge in [0.05, 0.1) is 13.2 Å². The molecule has 4 heteroatoms. The maximum Gasteiger partial charge on any atom is 0.238 e. The molecule has 0 fully saturated rings. The minimum Gasteiger partial charge on any atom is -0.322 e. The lowest BCUT2D eigenvalue weighted by molar-refractivity contribution is 0.305. The van der Waals surface area contributed by atoms with Crippen LogP contribution >= 0.6 is 19.0 Å². The molecule has 74 valence electrons. The molecule has 0 heterocycles. The second-order valence-electron chi connectivity index (χ2n) is 1.98. The van der Waals surface area contributed by atoms with E-state index in [4.69, 9.17) is 9.05 Å². The van der Waals surface area contributed by atoms with Gasteiger partial charge >= 0.3 is 0 Å². The second-order valence-corrected chi connectivity index (χ2v) is 5.20. The van der Waals surface area contributed by atoms with Crippen molar-refractivity contribution in [3.8, 4) is 0 Å². The Morgan fingerprint density at radius 3 is 1.92 bits per heavy atom. The molecule has 0 saturated heterocycles. The molecule has 0 saturated carbocycles. The van der Waals surface area contributed by atoms with Gasteiger partial charge in [-0.15, -0.1) is 19.7 Å². The van der Waals surface area contributed by atoms with Crippen LogP contribution in [-0.4, -0.2) is 19.0 Å². The quantitative estimate of drug-likeness (QED) is 0.435. The van der Waals surface area contributed by atoms with Crippen molar-refractivity contribution in [1.29, 1.82) is 0 Å². The number of rotatable bonds is 9. The Hall–Kier alpha value is -0.0800. The van der Waals surface area contributed by atoms with E-state index in [1.807, 2.05) is 6.08 Å². The van der Waals surface area contributed by atoms with E-state index in [0.717, 1.165) is 5.75 Å². The molecule has 0 aliphatic heterocycles. The van der Waals surface area contributed by atoms with Gasteiger partial charge in [0.1, 0.15) is 0 Å². The maximum absolute atomic E-state index is 5.39. The molecule has 0 aliphatic carbocycles. The summed E-state index contributed by atoms with van der Waals surface area (Å²) in [5, 5.41) is 0. The third kappa shape index (κ3) is 8.26. The van der Waals surface area contributed by atoms with E-state index in [9.17, 15) is 0 Å². The van der Waals surface area contributed by atoms with Gasteiger partial charge in [-0.25, -0.2) is 0 Å². The largest absolute Gasteiger partial charge is 0.322 e. The minimum absolute atomic E-state index is 0.521. The molecule has 0 aromatic heterocycles. The summed E-state index contributed by atoms with van der Waals surface area (Å²) in [5.74, 6) is 0.833. The van der Waals surface area contributed by atoms with Gasteiger partial charge in [-0.3, -0.25) is 0 Å². The van der Waals surface area contributed by atoms with Crippen molar-refractivity contribution < 1.29 is 9.05 Å². The van der Waals surface area contributed by atoms with E-state index in [1.165, 1.54) is 0 Å². The Morgan fingerprint density at radius 1 is 1.00 bits per heavy atom. The molecule has 0 amide bonds. The monoisotopic (exact) mass is 218 g/mol. The summed E-state index contributed by atoms with van der Waals surface area (Å²) in [5.41, 5.74) is 0. The van der Waals surface area contributed by atoms with Crippen molar-refractivity contribution in [1.82, 2.24) is 0 Å². The Balaban J connectivity index is 3.64. The van der Waals surface area contributed by atoms with Gasteiger partial charge in [-0.1, -0.05) is 29.6 Å². The van der Waals surface area contributed by atoms with E-state index in [2.05, 4.69) is 19.7 Å². The van der Waals surface area contributed by atoms with Crippen LogP contribution in [0, 0.1) is 0 Å². The van der Waals surface area contributed by atoms with E-state index in [0.29, 0.717) is 13.2 Å². The van der Waals surface area contributed by atoms with Crippen molar-refractivity contribution in [3.05, 3.63) is 38.0 Å². The molecule has 0 aromatic rings. The van der Waals surface area contributed by atoms with Crippen molar-refractivity contribution in [3.63, 3.8) is 0 Å². The predicted molar refractivity (Wildman–Crippen MR) is 61.9 cm³/mol. The van der Waals surface area contributed by atoms with E-state index in [1.54, 1.807) is 23.5 Å². The Labute approximate surface area is 85.4 Å². The van der Waals surface area contributed by atoms with Crippen LogP contribution in [-0.2, 0) is 9.05 Å². The molecule has 0 atom stereocenters. The average molecular weight is 218 g/mol. The first kappa shape index (κ1) is 12.9. The van der Waals surface area contributed by atoms with Gasteiger partial charge in [0.25, 0.3) is 0 Å². The van der Waals surface area contributed by atoms with E-state index < -0.39 is 7.58 Å². The normalized spacial score (nSPS) is 9.92. The fourth-order valence-corrected chi connectivity index (χ4v) is 2.85. The fraction of sp³-hybridized carbons (Fsp3) is 0.333. The van der Waals surface area contributed by atoms with Crippen molar-refractivity contribution in [2.75, 3.05) is 19.0 Å². The lowest BCUT2D eigenvalue weighted by Gasteiger charge is -2.13. The summed E-state index contributed by atoms with van der Waals surface area (Å²) < 4.78 is 10.8. The third-order valence-electron chi connectivity index (χ3n) is 0.893.